The number of rotatable bonds is 12. The van der Waals surface area contributed by atoms with E-state index < -0.39 is 16.9 Å². The first-order valence-corrected chi connectivity index (χ1v) is 13.5. The minimum absolute atomic E-state index is 0.365. The van der Waals surface area contributed by atoms with E-state index in [9.17, 15) is 0 Å². The van der Waals surface area contributed by atoms with Crippen molar-refractivity contribution in [3.63, 3.8) is 0 Å². The molecule has 0 aromatic heterocycles. The molecule has 0 saturated heterocycles. The van der Waals surface area contributed by atoms with E-state index >= 15 is 0 Å². The summed E-state index contributed by atoms with van der Waals surface area (Å²) in [5, 5.41) is 0. The van der Waals surface area contributed by atoms with Crippen LogP contribution < -0.4 is 0 Å². The zero-order valence-corrected chi connectivity index (χ0v) is 17.3. The lowest BCUT2D eigenvalue weighted by Gasteiger charge is -2.35. The minimum atomic E-state index is -2.52. The van der Waals surface area contributed by atoms with Crippen LogP contribution in [-0.2, 0) is 13.3 Å². The SMILES string of the molecule is CCSC(CC[Si](CC)(CC)CC)[Si](OC)(OC)OC. The Morgan fingerprint density at radius 3 is 1.60 bits per heavy atom. The third-order valence-corrected chi connectivity index (χ3v) is 15.8. The van der Waals surface area contributed by atoms with Crippen LogP contribution in [0.5, 0.6) is 0 Å². The third kappa shape index (κ3) is 5.14. The first-order valence-electron chi connectivity index (χ1n) is 7.80. The standard InChI is InChI=1S/C14H34O3SSi2/c1-8-18-14(20(15-5,16-6)17-7)12-13-19(9-2,10-3)11-4/h14H,8-13H2,1-7H3. The maximum Gasteiger partial charge on any atom is 0.513 e. The predicted octanol–water partition coefficient (Wildman–Crippen LogP) is 4.42. The number of hydrogen-bond donors (Lipinski definition) is 0. The number of hydrogen-bond acceptors (Lipinski definition) is 4. The molecule has 0 saturated carbocycles. The van der Waals surface area contributed by atoms with E-state index in [1.54, 1.807) is 21.3 Å². The highest BCUT2D eigenvalue weighted by Crippen LogP contribution is 2.34. The predicted molar refractivity (Wildman–Crippen MR) is 95.3 cm³/mol. The van der Waals surface area contributed by atoms with Crippen molar-refractivity contribution in [1.82, 2.24) is 0 Å². The van der Waals surface area contributed by atoms with Gasteiger partial charge in [-0.3, -0.25) is 0 Å². The summed E-state index contributed by atoms with van der Waals surface area (Å²) in [5.41, 5.74) is 0. The Hall–Kier alpha value is 0.664. The maximum atomic E-state index is 5.71. The summed E-state index contributed by atoms with van der Waals surface area (Å²) in [6.45, 7) is 9.31. The Labute approximate surface area is 132 Å². The zero-order valence-electron chi connectivity index (χ0n) is 14.5. The minimum Gasteiger partial charge on any atom is -0.376 e. The van der Waals surface area contributed by atoms with Gasteiger partial charge in [-0.05, 0) is 12.2 Å². The molecule has 0 aromatic rings. The molecule has 0 amide bonds. The van der Waals surface area contributed by atoms with Crippen LogP contribution in [0.25, 0.3) is 0 Å². The van der Waals surface area contributed by atoms with Crippen molar-refractivity contribution in [2.45, 2.75) is 63.2 Å². The van der Waals surface area contributed by atoms with Gasteiger partial charge in [0.2, 0.25) is 0 Å². The van der Waals surface area contributed by atoms with E-state index in [1.807, 2.05) is 11.8 Å². The topological polar surface area (TPSA) is 27.7 Å². The van der Waals surface area contributed by atoms with E-state index in [-0.39, 0.29) is 0 Å². The van der Waals surface area contributed by atoms with Crippen LogP contribution in [0.4, 0.5) is 0 Å². The van der Waals surface area contributed by atoms with Gasteiger partial charge < -0.3 is 13.3 Å². The molecule has 1 atom stereocenters. The fourth-order valence-corrected chi connectivity index (χ4v) is 11.5. The van der Waals surface area contributed by atoms with Gasteiger partial charge >= 0.3 is 8.80 Å². The van der Waals surface area contributed by atoms with Crippen molar-refractivity contribution in [1.29, 1.82) is 0 Å². The Bertz CT molecular complexity index is 230. The van der Waals surface area contributed by atoms with Crippen molar-refractivity contribution < 1.29 is 13.3 Å². The van der Waals surface area contributed by atoms with Crippen molar-refractivity contribution in [2.75, 3.05) is 27.1 Å². The summed E-state index contributed by atoms with van der Waals surface area (Å²) in [6.07, 6.45) is 1.17. The Balaban J connectivity index is 4.93. The van der Waals surface area contributed by atoms with Crippen molar-refractivity contribution >= 4 is 28.6 Å². The fourth-order valence-electron chi connectivity index (χ4n) is 2.93. The Morgan fingerprint density at radius 1 is 0.850 bits per heavy atom. The molecular formula is C14H34O3SSi2. The molecule has 0 heterocycles. The van der Waals surface area contributed by atoms with Crippen molar-refractivity contribution in [2.24, 2.45) is 0 Å². The second-order valence-electron chi connectivity index (χ2n) is 5.26. The molecule has 3 nitrogen and oxygen atoms in total. The molecule has 0 fully saturated rings. The van der Waals surface area contributed by atoms with Crippen molar-refractivity contribution in [3.05, 3.63) is 0 Å². The molecule has 0 bridgehead atoms. The summed E-state index contributed by atoms with van der Waals surface area (Å²) in [6, 6.07) is 5.50. The van der Waals surface area contributed by atoms with Crippen LogP contribution >= 0.6 is 11.8 Å². The van der Waals surface area contributed by atoms with Gasteiger partial charge in [0.25, 0.3) is 0 Å². The molecule has 20 heavy (non-hydrogen) atoms. The van der Waals surface area contributed by atoms with Gasteiger partial charge in [0.15, 0.2) is 0 Å². The van der Waals surface area contributed by atoms with E-state index in [2.05, 4.69) is 27.7 Å². The van der Waals surface area contributed by atoms with Crippen LogP contribution in [0.1, 0.15) is 34.1 Å². The average Bonchev–Trinajstić information content (AvgIpc) is 2.51. The average molecular weight is 339 g/mol. The van der Waals surface area contributed by atoms with E-state index in [4.69, 9.17) is 13.3 Å². The van der Waals surface area contributed by atoms with Crippen LogP contribution in [0.2, 0.25) is 24.2 Å². The van der Waals surface area contributed by atoms with Gasteiger partial charge in [0, 0.05) is 21.3 Å². The summed E-state index contributed by atoms with van der Waals surface area (Å²) < 4.78 is 17.1. The summed E-state index contributed by atoms with van der Waals surface area (Å²) in [4.78, 5) is 0.365. The zero-order chi connectivity index (χ0) is 15.6. The van der Waals surface area contributed by atoms with Gasteiger partial charge in [-0.2, -0.15) is 11.8 Å². The fraction of sp³-hybridized carbons (Fsp3) is 1.00. The third-order valence-electron chi connectivity index (χ3n) is 4.80. The summed E-state index contributed by atoms with van der Waals surface area (Å²) in [7, 11) is 1.58. The molecular weight excluding hydrogens is 304 g/mol. The van der Waals surface area contributed by atoms with Gasteiger partial charge in [0.1, 0.15) is 0 Å². The first-order chi connectivity index (χ1) is 9.53. The Morgan fingerprint density at radius 2 is 1.30 bits per heavy atom. The molecule has 0 radical (unpaired) electrons. The quantitative estimate of drug-likeness (QED) is 0.492. The molecule has 122 valence electrons. The van der Waals surface area contributed by atoms with Crippen LogP contribution in [0.3, 0.4) is 0 Å². The second kappa shape index (κ2) is 10.4. The smallest absolute Gasteiger partial charge is 0.376 e. The highest BCUT2D eigenvalue weighted by atomic mass is 32.2. The molecule has 0 N–H and O–H groups in total. The van der Waals surface area contributed by atoms with Gasteiger partial charge in [-0.15, -0.1) is 0 Å². The van der Waals surface area contributed by atoms with Crippen LogP contribution in [0, 0.1) is 0 Å². The lowest BCUT2D eigenvalue weighted by atomic mass is 10.6. The monoisotopic (exact) mass is 338 g/mol. The van der Waals surface area contributed by atoms with E-state index in [0.29, 0.717) is 4.87 Å². The van der Waals surface area contributed by atoms with Crippen molar-refractivity contribution in [3.8, 4) is 0 Å². The maximum absolute atomic E-state index is 5.71. The summed E-state index contributed by atoms with van der Waals surface area (Å²) >= 11 is 1.94. The number of thioether (sulfide) groups is 1. The lowest BCUT2D eigenvalue weighted by molar-refractivity contribution is 0.121. The van der Waals surface area contributed by atoms with Gasteiger partial charge in [0.05, 0.1) is 12.9 Å². The lowest BCUT2D eigenvalue weighted by Crippen LogP contribution is -2.53. The molecule has 1 unspecified atom stereocenters. The molecule has 0 spiro atoms. The molecule has 6 heteroatoms. The van der Waals surface area contributed by atoms with Crippen LogP contribution in [-0.4, -0.2) is 48.8 Å². The second-order valence-corrected chi connectivity index (χ2v) is 15.9. The molecule has 0 rings (SSSR count). The van der Waals surface area contributed by atoms with Gasteiger partial charge in [-0.25, -0.2) is 0 Å². The van der Waals surface area contributed by atoms with Gasteiger partial charge in [-0.1, -0.05) is 51.9 Å². The summed E-state index contributed by atoms with van der Waals surface area (Å²) in [5.74, 6) is 1.08. The molecule has 0 aliphatic heterocycles. The largest absolute Gasteiger partial charge is 0.513 e. The molecule has 0 aliphatic rings. The highest BCUT2D eigenvalue weighted by molar-refractivity contribution is 8.01. The van der Waals surface area contributed by atoms with E-state index in [0.717, 1.165) is 5.75 Å². The molecule has 0 aromatic carbocycles. The normalized spacial score (nSPS) is 14.6. The Kier molecular flexibility index (Phi) is 10.7. The molecule has 0 aliphatic carbocycles. The highest BCUT2D eigenvalue weighted by Gasteiger charge is 2.48. The van der Waals surface area contributed by atoms with Crippen LogP contribution in [0.15, 0.2) is 0 Å². The first kappa shape index (κ1) is 20.7. The van der Waals surface area contributed by atoms with E-state index in [1.165, 1.54) is 30.6 Å².